The molecule has 4 nitrogen and oxygen atoms in total. The van der Waals surface area contributed by atoms with Crippen LogP contribution in [0.15, 0.2) is 6.20 Å². The van der Waals surface area contributed by atoms with E-state index in [1.54, 1.807) is 6.20 Å². The van der Waals surface area contributed by atoms with E-state index >= 15 is 0 Å². The molecular formula is C9H17N3OS. The van der Waals surface area contributed by atoms with Crippen LogP contribution < -0.4 is 11.1 Å². The van der Waals surface area contributed by atoms with Crippen molar-refractivity contribution < 1.29 is 5.11 Å². The van der Waals surface area contributed by atoms with Crippen LogP contribution >= 0.6 is 11.3 Å². The highest BCUT2D eigenvalue weighted by Crippen LogP contribution is 2.26. The molecule has 0 aromatic carbocycles. The Bertz CT molecular complexity index is 289. The quantitative estimate of drug-likeness (QED) is 0.699. The monoisotopic (exact) mass is 215 g/mol. The van der Waals surface area contributed by atoms with E-state index in [9.17, 15) is 0 Å². The summed E-state index contributed by atoms with van der Waals surface area (Å²) < 4.78 is 0. The van der Waals surface area contributed by atoms with Crippen molar-refractivity contribution in [1.82, 2.24) is 4.98 Å². The summed E-state index contributed by atoms with van der Waals surface area (Å²) in [7, 11) is 0. The highest BCUT2D eigenvalue weighted by Gasteiger charge is 2.21. The summed E-state index contributed by atoms with van der Waals surface area (Å²) >= 11 is 1.43. The van der Waals surface area contributed by atoms with Crippen LogP contribution in [0.2, 0.25) is 0 Å². The summed E-state index contributed by atoms with van der Waals surface area (Å²) in [6.07, 6.45) is 3.29. The van der Waals surface area contributed by atoms with Gasteiger partial charge in [-0.05, 0) is 19.8 Å². The molecule has 1 unspecified atom stereocenters. The summed E-state index contributed by atoms with van der Waals surface area (Å²) in [6.45, 7) is 4.33. The van der Waals surface area contributed by atoms with Crippen molar-refractivity contribution >= 4 is 21.5 Å². The smallest absolute Gasteiger partial charge is 0.185 e. The Hall–Kier alpha value is -0.810. The number of nitrogen functional groups attached to an aromatic ring is 1. The van der Waals surface area contributed by atoms with E-state index in [0.29, 0.717) is 11.4 Å². The SMILES string of the molecule is CCC(C)(CCO)Nc1ncc(N)s1. The molecule has 14 heavy (non-hydrogen) atoms. The molecule has 0 saturated carbocycles. The Labute approximate surface area is 88.2 Å². The molecule has 0 saturated heterocycles. The second kappa shape index (κ2) is 4.61. The van der Waals surface area contributed by atoms with Crippen molar-refractivity contribution in [3.05, 3.63) is 6.20 Å². The van der Waals surface area contributed by atoms with Crippen molar-refractivity contribution in [3.8, 4) is 0 Å². The first-order valence-corrected chi connectivity index (χ1v) is 5.51. The summed E-state index contributed by atoms with van der Waals surface area (Å²) in [6, 6.07) is 0. The van der Waals surface area contributed by atoms with Gasteiger partial charge in [-0.25, -0.2) is 4.98 Å². The van der Waals surface area contributed by atoms with Crippen LogP contribution in [0.1, 0.15) is 26.7 Å². The predicted octanol–water partition coefficient (Wildman–Crippen LogP) is 1.69. The van der Waals surface area contributed by atoms with E-state index in [2.05, 4.69) is 24.1 Å². The Kier molecular flexibility index (Phi) is 3.71. The Balaban J connectivity index is 2.64. The van der Waals surface area contributed by atoms with E-state index in [-0.39, 0.29) is 12.1 Å². The fourth-order valence-electron chi connectivity index (χ4n) is 1.18. The van der Waals surface area contributed by atoms with Gasteiger partial charge in [-0.15, -0.1) is 0 Å². The predicted molar refractivity (Wildman–Crippen MR) is 60.5 cm³/mol. The highest BCUT2D eigenvalue weighted by atomic mass is 32.1. The molecule has 0 amide bonds. The Morgan fingerprint density at radius 3 is 2.86 bits per heavy atom. The minimum atomic E-state index is -0.0982. The maximum absolute atomic E-state index is 8.93. The van der Waals surface area contributed by atoms with E-state index in [4.69, 9.17) is 10.8 Å². The zero-order chi connectivity index (χ0) is 10.6. The lowest BCUT2D eigenvalue weighted by atomic mass is 9.95. The number of nitrogens with two attached hydrogens (primary N) is 1. The third-order valence-corrected chi connectivity index (χ3v) is 3.12. The van der Waals surface area contributed by atoms with E-state index < -0.39 is 0 Å². The molecule has 4 N–H and O–H groups in total. The van der Waals surface area contributed by atoms with Gasteiger partial charge in [-0.1, -0.05) is 18.3 Å². The van der Waals surface area contributed by atoms with Crippen molar-refractivity contribution in [1.29, 1.82) is 0 Å². The number of aliphatic hydroxyl groups is 1. The third-order valence-electron chi connectivity index (χ3n) is 2.38. The van der Waals surface area contributed by atoms with Gasteiger partial charge in [0.05, 0.1) is 6.20 Å². The lowest BCUT2D eigenvalue weighted by molar-refractivity contribution is 0.252. The molecule has 0 aliphatic rings. The molecule has 0 bridgehead atoms. The van der Waals surface area contributed by atoms with Crippen LogP contribution in [0.25, 0.3) is 0 Å². The summed E-state index contributed by atoms with van der Waals surface area (Å²) in [4.78, 5) is 4.13. The standard InChI is InChI=1S/C9H17N3OS/c1-3-9(2,4-5-13)12-8-11-6-7(10)14-8/h6,13H,3-5,10H2,1-2H3,(H,11,12). The molecule has 0 spiro atoms. The maximum Gasteiger partial charge on any atom is 0.185 e. The first-order chi connectivity index (χ1) is 6.59. The van der Waals surface area contributed by atoms with Gasteiger partial charge in [-0.3, -0.25) is 0 Å². The van der Waals surface area contributed by atoms with Crippen LogP contribution in [0.5, 0.6) is 0 Å². The van der Waals surface area contributed by atoms with Crippen LogP contribution in [-0.4, -0.2) is 22.2 Å². The average molecular weight is 215 g/mol. The van der Waals surface area contributed by atoms with Gasteiger partial charge in [0, 0.05) is 12.1 Å². The summed E-state index contributed by atoms with van der Waals surface area (Å²) in [5, 5.41) is 13.8. The maximum atomic E-state index is 8.93. The molecular weight excluding hydrogens is 198 g/mol. The van der Waals surface area contributed by atoms with Gasteiger partial charge in [0.1, 0.15) is 5.00 Å². The topological polar surface area (TPSA) is 71.2 Å². The van der Waals surface area contributed by atoms with Gasteiger partial charge >= 0.3 is 0 Å². The summed E-state index contributed by atoms with van der Waals surface area (Å²) in [5.74, 6) is 0. The number of nitrogens with one attached hydrogen (secondary N) is 1. The minimum Gasteiger partial charge on any atom is -0.396 e. The molecule has 0 aliphatic carbocycles. The van der Waals surface area contributed by atoms with Gasteiger partial charge < -0.3 is 16.2 Å². The average Bonchev–Trinajstić information content (AvgIpc) is 2.51. The molecule has 0 radical (unpaired) electrons. The third kappa shape index (κ3) is 2.85. The number of hydrogen-bond acceptors (Lipinski definition) is 5. The number of hydrogen-bond donors (Lipinski definition) is 3. The minimum absolute atomic E-state index is 0.0982. The van der Waals surface area contributed by atoms with Crippen LogP contribution in [0.3, 0.4) is 0 Å². The van der Waals surface area contributed by atoms with E-state index in [0.717, 1.165) is 11.6 Å². The zero-order valence-electron chi connectivity index (χ0n) is 8.58. The van der Waals surface area contributed by atoms with E-state index in [1.807, 2.05) is 0 Å². The van der Waals surface area contributed by atoms with Gasteiger partial charge in [-0.2, -0.15) is 0 Å². The molecule has 1 aromatic heterocycles. The van der Waals surface area contributed by atoms with Crippen molar-refractivity contribution in [2.24, 2.45) is 0 Å². The Morgan fingerprint density at radius 2 is 2.43 bits per heavy atom. The molecule has 1 heterocycles. The van der Waals surface area contributed by atoms with Crippen molar-refractivity contribution in [2.45, 2.75) is 32.2 Å². The molecule has 1 rings (SSSR count). The first kappa shape index (κ1) is 11.3. The normalized spacial score (nSPS) is 15.1. The highest BCUT2D eigenvalue weighted by molar-refractivity contribution is 7.19. The van der Waals surface area contributed by atoms with E-state index in [1.165, 1.54) is 11.3 Å². The molecule has 5 heteroatoms. The fraction of sp³-hybridized carbons (Fsp3) is 0.667. The number of thiazole rings is 1. The fourth-order valence-corrected chi connectivity index (χ4v) is 1.91. The van der Waals surface area contributed by atoms with Crippen LogP contribution in [-0.2, 0) is 0 Å². The molecule has 1 aromatic rings. The lowest BCUT2D eigenvalue weighted by Crippen LogP contribution is -2.34. The molecule has 0 fully saturated rings. The number of nitrogens with zero attached hydrogens (tertiary/aromatic N) is 1. The number of aromatic nitrogens is 1. The zero-order valence-corrected chi connectivity index (χ0v) is 9.40. The lowest BCUT2D eigenvalue weighted by Gasteiger charge is -2.28. The number of anilines is 2. The largest absolute Gasteiger partial charge is 0.396 e. The second-order valence-corrected chi connectivity index (χ2v) is 4.64. The summed E-state index contributed by atoms with van der Waals surface area (Å²) in [5.41, 5.74) is 5.48. The van der Waals surface area contributed by atoms with Gasteiger partial charge in [0.2, 0.25) is 0 Å². The molecule has 0 aliphatic heterocycles. The van der Waals surface area contributed by atoms with Crippen molar-refractivity contribution in [2.75, 3.05) is 17.7 Å². The van der Waals surface area contributed by atoms with Gasteiger partial charge in [0.25, 0.3) is 0 Å². The number of rotatable bonds is 5. The number of aliphatic hydroxyl groups excluding tert-OH is 1. The first-order valence-electron chi connectivity index (χ1n) is 4.70. The Morgan fingerprint density at radius 1 is 1.71 bits per heavy atom. The van der Waals surface area contributed by atoms with Crippen LogP contribution in [0.4, 0.5) is 10.1 Å². The van der Waals surface area contributed by atoms with Crippen molar-refractivity contribution in [3.63, 3.8) is 0 Å². The molecule has 80 valence electrons. The second-order valence-electron chi connectivity index (χ2n) is 3.58. The van der Waals surface area contributed by atoms with Gasteiger partial charge in [0.15, 0.2) is 5.13 Å². The molecule has 1 atom stereocenters. The van der Waals surface area contributed by atoms with Crippen LogP contribution in [0, 0.1) is 0 Å².